The van der Waals surface area contributed by atoms with Gasteiger partial charge >= 0.3 is 0 Å². The van der Waals surface area contributed by atoms with Gasteiger partial charge in [0, 0.05) is 11.1 Å². The highest BCUT2D eigenvalue weighted by atomic mass is 32.1. The largest absolute Gasteiger partial charge is 0.243 e. The molecule has 3 aromatic heterocycles. The molecule has 4 heteroatoms. The molecule has 0 N–H and O–H groups in total. The molecule has 3 aromatic rings. The Bertz CT molecular complexity index is 485. The maximum Gasteiger partial charge on any atom is 0.133 e. The Balaban J connectivity index is 2.02. The van der Waals surface area contributed by atoms with Crippen LogP contribution in [0.4, 0.5) is 0 Å². The first kappa shape index (κ1) is 9.27. The molecule has 0 aliphatic heterocycles. The second kappa shape index (κ2) is 3.89. The zero-order valence-corrected chi connectivity index (χ0v) is 10.2. The summed E-state index contributed by atoms with van der Waals surface area (Å²) >= 11 is 5.26. The van der Waals surface area contributed by atoms with E-state index in [1.165, 1.54) is 14.6 Å². The smallest absolute Gasteiger partial charge is 0.133 e. The highest BCUT2D eigenvalue weighted by Crippen LogP contribution is 2.35. The van der Waals surface area contributed by atoms with E-state index in [1.54, 1.807) is 34.0 Å². The molecule has 0 saturated heterocycles. The molecule has 0 amide bonds. The van der Waals surface area contributed by atoms with Crippen LogP contribution in [0.5, 0.6) is 0 Å². The molecular formula is C11H7NS3. The minimum Gasteiger partial charge on any atom is -0.243 e. The van der Waals surface area contributed by atoms with Gasteiger partial charge in [-0.15, -0.1) is 34.0 Å². The number of nitrogens with zero attached hydrogens (tertiary/aromatic N) is 1. The highest BCUT2D eigenvalue weighted by molar-refractivity contribution is 7.25. The highest BCUT2D eigenvalue weighted by Gasteiger charge is 2.07. The maximum atomic E-state index is 4.45. The standard InChI is InChI=1S/C11H7NS3/c1-3-8(13-5-1)10-7-12-11(15-10)9-4-2-6-14-9/h1-7H. The lowest BCUT2D eigenvalue weighted by Crippen LogP contribution is -1.63. The zero-order chi connectivity index (χ0) is 10.1. The zero-order valence-electron chi connectivity index (χ0n) is 7.71. The van der Waals surface area contributed by atoms with Crippen LogP contribution in [-0.2, 0) is 0 Å². The maximum absolute atomic E-state index is 4.45. The minimum atomic E-state index is 1.12. The Morgan fingerprint density at radius 2 is 1.60 bits per heavy atom. The number of hydrogen-bond donors (Lipinski definition) is 0. The van der Waals surface area contributed by atoms with E-state index in [-0.39, 0.29) is 0 Å². The van der Waals surface area contributed by atoms with E-state index in [2.05, 4.69) is 40.0 Å². The summed E-state index contributed by atoms with van der Waals surface area (Å²) in [6.45, 7) is 0. The monoisotopic (exact) mass is 249 g/mol. The summed E-state index contributed by atoms with van der Waals surface area (Å²) in [6, 6.07) is 8.38. The fourth-order valence-corrected chi connectivity index (χ4v) is 3.86. The SMILES string of the molecule is c1csc(-c2cnc(-c3cccs3)s2)c1. The first-order valence-electron chi connectivity index (χ1n) is 4.47. The molecule has 0 atom stereocenters. The molecule has 1 nitrogen and oxygen atoms in total. The van der Waals surface area contributed by atoms with Crippen LogP contribution >= 0.6 is 34.0 Å². The third kappa shape index (κ3) is 1.76. The molecular weight excluding hydrogens is 242 g/mol. The van der Waals surface area contributed by atoms with Gasteiger partial charge in [0.2, 0.25) is 0 Å². The van der Waals surface area contributed by atoms with Gasteiger partial charge in [-0.25, -0.2) is 4.98 Å². The van der Waals surface area contributed by atoms with Gasteiger partial charge in [-0.3, -0.25) is 0 Å². The molecule has 0 fully saturated rings. The van der Waals surface area contributed by atoms with Crippen LogP contribution in [0.25, 0.3) is 19.6 Å². The Morgan fingerprint density at radius 3 is 2.27 bits per heavy atom. The minimum absolute atomic E-state index is 1.12. The van der Waals surface area contributed by atoms with Crippen molar-refractivity contribution in [3.8, 4) is 19.6 Å². The second-order valence-corrected chi connectivity index (χ2v) is 5.91. The van der Waals surface area contributed by atoms with Gasteiger partial charge in [-0.05, 0) is 22.9 Å². The summed E-state index contributed by atoms with van der Waals surface area (Å²) in [4.78, 5) is 8.26. The summed E-state index contributed by atoms with van der Waals surface area (Å²) in [6.07, 6.45) is 1.96. The third-order valence-electron chi connectivity index (χ3n) is 2.00. The Hall–Kier alpha value is -0.970. The molecule has 0 bridgehead atoms. The molecule has 0 aromatic carbocycles. The van der Waals surface area contributed by atoms with E-state index in [0.717, 1.165) is 5.01 Å². The molecule has 0 spiro atoms. The molecule has 3 rings (SSSR count). The average molecular weight is 249 g/mol. The molecule has 0 saturated carbocycles. The van der Waals surface area contributed by atoms with E-state index in [9.17, 15) is 0 Å². The van der Waals surface area contributed by atoms with Crippen molar-refractivity contribution >= 4 is 34.0 Å². The van der Waals surface area contributed by atoms with Crippen LogP contribution in [0.1, 0.15) is 0 Å². The van der Waals surface area contributed by atoms with Crippen molar-refractivity contribution in [2.24, 2.45) is 0 Å². The van der Waals surface area contributed by atoms with Crippen molar-refractivity contribution in [2.75, 3.05) is 0 Å². The number of rotatable bonds is 2. The molecule has 0 unspecified atom stereocenters. The first-order chi connectivity index (χ1) is 7.43. The van der Waals surface area contributed by atoms with Crippen molar-refractivity contribution in [3.63, 3.8) is 0 Å². The predicted molar refractivity (Wildman–Crippen MR) is 68.7 cm³/mol. The lowest BCUT2D eigenvalue weighted by molar-refractivity contribution is 1.43. The van der Waals surface area contributed by atoms with Crippen LogP contribution in [0.2, 0.25) is 0 Å². The Kier molecular flexibility index (Phi) is 2.40. The van der Waals surface area contributed by atoms with E-state index in [1.807, 2.05) is 6.20 Å². The predicted octanol–water partition coefficient (Wildman–Crippen LogP) is 4.60. The fourth-order valence-electron chi connectivity index (χ4n) is 1.32. The molecule has 0 radical (unpaired) electrons. The van der Waals surface area contributed by atoms with Crippen molar-refractivity contribution in [2.45, 2.75) is 0 Å². The number of aromatic nitrogens is 1. The molecule has 74 valence electrons. The summed E-state index contributed by atoms with van der Waals surface area (Å²) in [7, 11) is 0. The van der Waals surface area contributed by atoms with Gasteiger partial charge in [0.15, 0.2) is 0 Å². The average Bonchev–Trinajstić information content (AvgIpc) is 3.02. The van der Waals surface area contributed by atoms with Gasteiger partial charge in [-0.2, -0.15) is 0 Å². The van der Waals surface area contributed by atoms with Gasteiger partial charge in [0.1, 0.15) is 5.01 Å². The van der Waals surface area contributed by atoms with Gasteiger partial charge in [0.05, 0.1) is 9.75 Å². The molecule has 15 heavy (non-hydrogen) atoms. The fraction of sp³-hybridized carbons (Fsp3) is 0. The topological polar surface area (TPSA) is 12.9 Å². The van der Waals surface area contributed by atoms with Gasteiger partial charge in [-0.1, -0.05) is 12.1 Å². The van der Waals surface area contributed by atoms with Crippen LogP contribution in [0.15, 0.2) is 41.2 Å². The van der Waals surface area contributed by atoms with Crippen molar-refractivity contribution in [1.29, 1.82) is 0 Å². The molecule has 3 heterocycles. The summed E-state index contributed by atoms with van der Waals surface area (Å²) in [5.74, 6) is 0. The summed E-state index contributed by atoms with van der Waals surface area (Å²) in [5, 5.41) is 5.30. The van der Waals surface area contributed by atoms with Crippen LogP contribution in [-0.4, -0.2) is 4.98 Å². The molecule has 0 aliphatic rings. The normalized spacial score (nSPS) is 10.7. The number of thiazole rings is 1. The first-order valence-corrected chi connectivity index (χ1v) is 7.04. The van der Waals surface area contributed by atoms with E-state index >= 15 is 0 Å². The van der Waals surface area contributed by atoms with Crippen molar-refractivity contribution in [1.82, 2.24) is 4.98 Å². The Labute approximate surface area is 99.7 Å². The van der Waals surface area contributed by atoms with Crippen LogP contribution < -0.4 is 0 Å². The lowest BCUT2D eigenvalue weighted by atomic mass is 10.4. The second-order valence-electron chi connectivity index (χ2n) is 2.98. The molecule has 0 aliphatic carbocycles. The van der Waals surface area contributed by atoms with Crippen LogP contribution in [0, 0.1) is 0 Å². The van der Waals surface area contributed by atoms with Crippen LogP contribution in [0.3, 0.4) is 0 Å². The van der Waals surface area contributed by atoms with E-state index in [0.29, 0.717) is 0 Å². The van der Waals surface area contributed by atoms with E-state index in [4.69, 9.17) is 0 Å². The summed E-state index contributed by atoms with van der Waals surface area (Å²) in [5.41, 5.74) is 0. The van der Waals surface area contributed by atoms with Crippen molar-refractivity contribution in [3.05, 3.63) is 41.2 Å². The van der Waals surface area contributed by atoms with Gasteiger partial charge in [0.25, 0.3) is 0 Å². The third-order valence-corrected chi connectivity index (χ3v) is 5.10. The lowest BCUT2D eigenvalue weighted by Gasteiger charge is -1.87. The summed E-state index contributed by atoms with van der Waals surface area (Å²) < 4.78 is 0. The van der Waals surface area contributed by atoms with E-state index < -0.39 is 0 Å². The van der Waals surface area contributed by atoms with Gasteiger partial charge < -0.3 is 0 Å². The van der Waals surface area contributed by atoms with Crippen molar-refractivity contribution < 1.29 is 0 Å². The Morgan fingerprint density at radius 1 is 0.867 bits per heavy atom. The number of hydrogen-bond acceptors (Lipinski definition) is 4. The quantitative estimate of drug-likeness (QED) is 0.647. The number of thiophene rings is 2.